The van der Waals surface area contributed by atoms with Gasteiger partial charge in [0.2, 0.25) is 0 Å². The lowest BCUT2D eigenvalue weighted by molar-refractivity contribution is 0.890. The minimum absolute atomic E-state index is 0.936. The van der Waals surface area contributed by atoms with Crippen molar-refractivity contribution in [1.82, 2.24) is 12.7 Å². The molecule has 3 aromatic rings. The average molecular weight is 267 g/mol. The first-order chi connectivity index (χ1) is 9.38. The third-order valence-corrected chi connectivity index (χ3v) is 7.68. The molecular weight excluding hydrogens is 250 g/mol. The van der Waals surface area contributed by atoms with Crippen LogP contribution in [0.15, 0.2) is 86.2 Å². The standard InChI is InChI=1S/C15H17N3Si/c1-2-15-19(16-9-3-4-10-16,17-11-5-6-12-17)18-13-7-8-14-18/h2-14H,1,15H2. The van der Waals surface area contributed by atoms with Crippen molar-refractivity contribution in [3.63, 3.8) is 0 Å². The van der Waals surface area contributed by atoms with Crippen molar-refractivity contribution in [2.24, 2.45) is 0 Å². The van der Waals surface area contributed by atoms with Gasteiger partial charge in [0.15, 0.2) is 0 Å². The van der Waals surface area contributed by atoms with Gasteiger partial charge in [-0.15, -0.1) is 6.58 Å². The van der Waals surface area contributed by atoms with Crippen molar-refractivity contribution in [2.45, 2.75) is 6.04 Å². The van der Waals surface area contributed by atoms with E-state index in [9.17, 15) is 0 Å². The van der Waals surface area contributed by atoms with Crippen molar-refractivity contribution in [3.05, 3.63) is 86.2 Å². The van der Waals surface area contributed by atoms with Gasteiger partial charge in [-0.25, -0.2) is 0 Å². The van der Waals surface area contributed by atoms with Gasteiger partial charge in [-0.05, 0) is 73.6 Å². The molecule has 0 saturated heterocycles. The zero-order chi connectivity index (χ0) is 13.1. The van der Waals surface area contributed by atoms with Crippen LogP contribution in [0.4, 0.5) is 0 Å². The molecule has 0 aliphatic carbocycles. The highest BCUT2D eigenvalue weighted by Gasteiger charge is 2.39. The van der Waals surface area contributed by atoms with Crippen molar-refractivity contribution < 1.29 is 0 Å². The molecule has 19 heavy (non-hydrogen) atoms. The minimum Gasteiger partial charge on any atom is -0.346 e. The molecule has 0 atom stereocenters. The quantitative estimate of drug-likeness (QED) is 0.498. The number of nitrogens with zero attached hydrogens (tertiary/aromatic N) is 3. The summed E-state index contributed by atoms with van der Waals surface area (Å²) in [6.07, 6.45) is 14.9. The Kier molecular flexibility index (Phi) is 3.01. The second kappa shape index (κ2) is 4.82. The van der Waals surface area contributed by atoms with Gasteiger partial charge >= 0.3 is 8.56 Å². The molecule has 0 aromatic carbocycles. The summed E-state index contributed by atoms with van der Waals surface area (Å²) in [5.41, 5.74) is 0. The first-order valence-electron chi connectivity index (χ1n) is 6.39. The summed E-state index contributed by atoms with van der Waals surface area (Å²) < 4.78 is 7.03. The third-order valence-electron chi connectivity index (χ3n) is 3.47. The molecule has 3 aromatic heterocycles. The molecule has 0 N–H and O–H groups in total. The topological polar surface area (TPSA) is 14.8 Å². The zero-order valence-corrected chi connectivity index (χ0v) is 11.8. The molecular formula is C15H17N3Si. The molecule has 0 saturated carbocycles. The van der Waals surface area contributed by atoms with Gasteiger partial charge in [0.05, 0.1) is 0 Å². The fourth-order valence-electron chi connectivity index (χ4n) is 2.63. The van der Waals surface area contributed by atoms with Crippen LogP contribution in [-0.2, 0) is 0 Å². The lowest BCUT2D eigenvalue weighted by atomic mass is 10.7. The van der Waals surface area contributed by atoms with E-state index in [2.05, 4.69) is 92.9 Å². The number of rotatable bonds is 5. The number of hydrogen-bond acceptors (Lipinski definition) is 0. The molecule has 4 heteroatoms. The highest BCUT2D eigenvalue weighted by Crippen LogP contribution is 2.20. The lowest BCUT2D eigenvalue weighted by Crippen LogP contribution is -2.56. The van der Waals surface area contributed by atoms with E-state index in [4.69, 9.17) is 0 Å². The number of hydrogen-bond donors (Lipinski definition) is 0. The normalized spacial score (nSPS) is 11.6. The van der Waals surface area contributed by atoms with Gasteiger partial charge in [0, 0.05) is 6.04 Å². The highest BCUT2D eigenvalue weighted by molar-refractivity contribution is 6.75. The highest BCUT2D eigenvalue weighted by atomic mass is 28.4. The van der Waals surface area contributed by atoms with Crippen molar-refractivity contribution in [2.75, 3.05) is 0 Å². The lowest BCUT2D eigenvalue weighted by Gasteiger charge is -2.34. The van der Waals surface area contributed by atoms with Crippen LogP contribution in [0.5, 0.6) is 0 Å². The van der Waals surface area contributed by atoms with Gasteiger partial charge in [-0.3, -0.25) is 0 Å². The molecule has 96 valence electrons. The van der Waals surface area contributed by atoms with Crippen LogP contribution in [0.25, 0.3) is 0 Å². The van der Waals surface area contributed by atoms with Crippen molar-refractivity contribution >= 4 is 8.56 Å². The third kappa shape index (κ3) is 1.81. The van der Waals surface area contributed by atoms with Crippen LogP contribution in [0.3, 0.4) is 0 Å². The smallest absolute Gasteiger partial charge is 0.346 e. The summed E-state index contributed by atoms with van der Waals surface area (Å²) in [4.78, 5) is 0. The van der Waals surface area contributed by atoms with E-state index in [0.717, 1.165) is 6.04 Å². The molecule has 3 rings (SSSR count). The maximum atomic E-state index is 3.97. The van der Waals surface area contributed by atoms with Gasteiger partial charge in [-0.1, -0.05) is 6.08 Å². The van der Waals surface area contributed by atoms with Crippen LogP contribution in [0.1, 0.15) is 0 Å². The first kappa shape index (κ1) is 11.9. The van der Waals surface area contributed by atoms with Crippen LogP contribution in [0.2, 0.25) is 6.04 Å². The average Bonchev–Trinajstić information content (AvgIpc) is 3.18. The molecule has 0 bridgehead atoms. The van der Waals surface area contributed by atoms with E-state index >= 15 is 0 Å². The van der Waals surface area contributed by atoms with Crippen LogP contribution in [0, 0.1) is 0 Å². The molecule has 0 aliphatic heterocycles. The summed E-state index contributed by atoms with van der Waals surface area (Å²) in [5.74, 6) is 0. The minimum atomic E-state index is -2.14. The predicted octanol–water partition coefficient (Wildman–Crippen LogP) is 3.16. The summed E-state index contributed by atoms with van der Waals surface area (Å²) in [7, 11) is -2.14. The Morgan fingerprint density at radius 3 is 1.26 bits per heavy atom. The summed E-state index contributed by atoms with van der Waals surface area (Å²) in [5, 5.41) is 0. The number of aromatic nitrogens is 3. The predicted molar refractivity (Wildman–Crippen MR) is 80.2 cm³/mol. The Bertz CT molecular complexity index is 537. The molecule has 0 amide bonds. The van der Waals surface area contributed by atoms with E-state index in [0.29, 0.717) is 0 Å². The fraction of sp³-hybridized carbons (Fsp3) is 0.0667. The van der Waals surface area contributed by atoms with Gasteiger partial charge in [0.25, 0.3) is 0 Å². The molecule has 0 spiro atoms. The van der Waals surface area contributed by atoms with Crippen LogP contribution >= 0.6 is 0 Å². The second-order valence-electron chi connectivity index (χ2n) is 4.54. The molecule has 3 nitrogen and oxygen atoms in total. The van der Waals surface area contributed by atoms with E-state index in [1.54, 1.807) is 0 Å². The van der Waals surface area contributed by atoms with E-state index in [-0.39, 0.29) is 0 Å². The summed E-state index contributed by atoms with van der Waals surface area (Å²) >= 11 is 0. The Morgan fingerprint density at radius 2 is 1.00 bits per heavy atom. The summed E-state index contributed by atoms with van der Waals surface area (Å²) in [6.45, 7) is 3.97. The Morgan fingerprint density at radius 1 is 0.684 bits per heavy atom. The largest absolute Gasteiger partial charge is 0.394 e. The fourth-order valence-corrected chi connectivity index (χ4v) is 6.40. The van der Waals surface area contributed by atoms with Crippen LogP contribution in [-0.4, -0.2) is 21.3 Å². The maximum absolute atomic E-state index is 3.97. The summed E-state index contributed by atoms with van der Waals surface area (Å²) in [6, 6.07) is 13.4. The van der Waals surface area contributed by atoms with Crippen molar-refractivity contribution in [3.8, 4) is 0 Å². The molecule has 0 radical (unpaired) electrons. The SMILES string of the molecule is C=CC[Si](n1cccc1)(n1cccc1)n1cccc1. The van der Waals surface area contributed by atoms with Gasteiger partial charge < -0.3 is 12.7 Å². The van der Waals surface area contributed by atoms with Gasteiger partial charge in [0.1, 0.15) is 0 Å². The van der Waals surface area contributed by atoms with Gasteiger partial charge in [-0.2, -0.15) is 0 Å². The zero-order valence-electron chi connectivity index (χ0n) is 10.8. The maximum Gasteiger partial charge on any atom is 0.394 e. The van der Waals surface area contributed by atoms with E-state index < -0.39 is 8.56 Å². The first-order valence-corrected chi connectivity index (χ1v) is 8.44. The monoisotopic (exact) mass is 267 g/mol. The van der Waals surface area contributed by atoms with Crippen molar-refractivity contribution in [1.29, 1.82) is 0 Å². The van der Waals surface area contributed by atoms with E-state index in [1.165, 1.54) is 0 Å². The molecule has 0 fully saturated rings. The molecule has 0 aliphatic rings. The molecule has 0 unspecified atom stereocenters. The molecule has 3 heterocycles. The Hall–Kier alpha value is -2.20. The Labute approximate surface area is 114 Å². The second-order valence-corrected chi connectivity index (χ2v) is 8.04. The Balaban J connectivity index is 2.26. The van der Waals surface area contributed by atoms with Crippen LogP contribution < -0.4 is 0 Å². The van der Waals surface area contributed by atoms with E-state index in [1.807, 2.05) is 6.08 Å². The number of allylic oxidation sites excluding steroid dienone is 1.